The molecule has 0 saturated heterocycles. The van der Waals surface area contributed by atoms with Crippen LogP contribution in [0.5, 0.6) is 0 Å². The highest BCUT2D eigenvalue weighted by Gasteiger charge is 2.25. The van der Waals surface area contributed by atoms with Crippen LogP contribution in [-0.2, 0) is 16.6 Å². The van der Waals surface area contributed by atoms with E-state index in [1.165, 1.54) is 9.42 Å². The zero-order chi connectivity index (χ0) is 24.6. The number of aliphatic hydroxyl groups excluding tert-OH is 1. The molecular formula is C21H24N6O5S2. The number of hydrogen-bond acceptors (Lipinski definition) is 9. The summed E-state index contributed by atoms with van der Waals surface area (Å²) in [6.45, 7) is 5.22. The molecule has 0 aliphatic carbocycles. The molecule has 0 unspecified atom stereocenters. The molecular weight excluding hydrogens is 480 g/mol. The summed E-state index contributed by atoms with van der Waals surface area (Å²) in [4.78, 5) is 21.1. The Morgan fingerprint density at radius 2 is 1.97 bits per heavy atom. The van der Waals surface area contributed by atoms with Crippen LogP contribution in [-0.4, -0.2) is 66.5 Å². The molecule has 0 saturated carbocycles. The van der Waals surface area contributed by atoms with Crippen molar-refractivity contribution in [1.29, 1.82) is 0 Å². The Hall–Kier alpha value is -3.29. The molecule has 4 aromatic rings. The molecule has 0 atom stereocenters. The lowest BCUT2D eigenvalue weighted by atomic mass is 10.1. The zero-order valence-electron chi connectivity index (χ0n) is 19.1. The van der Waals surface area contributed by atoms with Crippen LogP contribution >= 0.6 is 11.3 Å². The number of fused-ring (bicyclic) bond motifs is 2. The zero-order valence-corrected chi connectivity index (χ0v) is 20.7. The number of aliphatic hydroxyl groups is 1. The number of rotatable bonds is 8. The SMILES string of the molecule is CCN(CC)c1ccc2cc(-c3nc4sc(S(=O)(=O)N=CN(C)C)nn4c3CO)c(=O)oc2c1. The highest BCUT2D eigenvalue weighted by atomic mass is 32.2. The number of anilines is 1. The molecule has 0 fully saturated rings. The van der Waals surface area contributed by atoms with Gasteiger partial charge in [0.1, 0.15) is 17.6 Å². The molecule has 0 bridgehead atoms. The average molecular weight is 505 g/mol. The van der Waals surface area contributed by atoms with E-state index in [1.807, 2.05) is 32.0 Å². The number of hydrogen-bond donors (Lipinski definition) is 1. The van der Waals surface area contributed by atoms with Crippen molar-refractivity contribution in [3.05, 3.63) is 40.4 Å². The van der Waals surface area contributed by atoms with Gasteiger partial charge < -0.3 is 19.3 Å². The first kappa shape index (κ1) is 23.9. The van der Waals surface area contributed by atoms with Crippen LogP contribution in [0.2, 0.25) is 0 Å². The van der Waals surface area contributed by atoms with Crippen LogP contribution < -0.4 is 10.5 Å². The molecule has 11 nitrogen and oxygen atoms in total. The van der Waals surface area contributed by atoms with Gasteiger partial charge in [0.15, 0.2) is 0 Å². The Bertz CT molecular complexity index is 1550. The van der Waals surface area contributed by atoms with Crippen LogP contribution in [0.1, 0.15) is 19.5 Å². The predicted octanol–water partition coefficient (Wildman–Crippen LogP) is 2.18. The molecule has 180 valence electrons. The van der Waals surface area contributed by atoms with E-state index in [2.05, 4.69) is 19.4 Å². The minimum absolute atomic E-state index is 0.153. The smallest absolute Gasteiger partial charge is 0.345 e. The monoisotopic (exact) mass is 504 g/mol. The predicted molar refractivity (Wildman–Crippen MR) is 131 cm³/mol. The Kier molecular flexibility index (Phi) is 6.43. The molecule has 0 aliphatic heterocycles. The molecule has 0 amide bonds. The number of imidazole rings is 1. The highest BCUT2D eigenvalue weighted by molar-refractivity contribution is 7.92. The summed E-state index contributed by atoms with van der Waals surface area (Å²) in [5, 5.41) is 14.8. The van der Waals surface area contributed by atoms with E-state index in [9.17, 15) is 18.3 Å². The third-order valence-electron chi connectivity index (χ3n) is 5.17. The normalized spacial score (nSPS) is 12.3. The van der Waals surface area contributed by atoms with Gasteiger partial charge in [0, 0.05) is 44.3 Å². The summed E-state index contributed by atoms with van der Waals surface area (Å²) in [6.07, 6.45) is 1.16. The molecule has 0 aliphatic rings. The highest BCUT2D eigenvalue weighted by Crippen LogP contribution is 2.30. The van der Waals surface area contributed by atoms with E-state index in [1.54, 1.807) is 20.2 Å². The third-order valence-corrected chi connectivity index (χ3v) is 7.65. The summed E-state index contributed by atoms with van der Waals surface area (Å²) in [6, 6.07) is 7.28. The van der Waals surface area contributed by atoms with E-state index in [0.29, 0.717) is 11.0 Å². The van der Waals surface area contributed by atoms with Crippen molar-refractivity contribution in [2.75, 3.05) is 32.1 Å². The summed E-state index contributed by atoms with van der Waals surface area (Å²) >= 11 is 0.792. The third kappa shape index (κ3) is 4.29. The van der Waals surface area contributed by atoms with Crippen molar-refractivity contribution < 1.29 is 17.9 Å². The standard InChI is InChI=1S/C21H24N6O5S2/c1-5-26(6-2)14-8-7-13-9-15(19(29)32-17(13)10-14)18-16(11-28)27-20(23-18)33-21(24-27)34(30,31)22-12-25(3)4/h7-10,12,28H,5-6,11H2,1-4H3. The summed E-state index contributed by atoms with van der Waals surface area (Å²) in [7, 11) is -0.749. The summed E-state index contributed by atoms with van der Waals surface area (Å²) < 4.78 is 34.9. The molecule has 3 aromatic heterocycles. The maximum atomic E-state index is 12.8. The maximum absolute atomic E-state index is 12.8. The van der Waals surface area contributed by atoms with Crippen molar-refractivity contribution in [2.45, 2.75) is 24.8 Å². The summed E-state index contributed by atoms with van der Waals surface area (Å²) in [5.74, 6) is 0. The molecule has 34 heavy (non-hydrogen) atoms. The average Bonchev–Trinajstić information content (AvgIpc) is 3.36. The number of benzene rings is 1. The van der Waals surface area contributed by atoms with Gasteiger partial charge in [0.05, 0.1) is 17.9 Å². The number of aromatic nitrogens is 3. The molecule has 3 heterocycles. The van der Waals surface area contributed by atoms with Gasteiger partial charge in [-0.1, -0.05) is 11.3 Å². The van der Waals surface area contributed by atoms with Gasteiger partial charge in [-0.3, -0.25) is 0 Å². The van der Waals surface area contributed by atoms with Crippen LogP contribution in [0.25, 0.3) is 27.2 Å². The van der Waals surface area contributed by atoms with E-state index in [4.69, 9.17) is 4.42 Å². The first-order valence-corrected chi connectivity index (χ1v) is 12.7. The van der Waals surface area contributed by atoms with Crippen molar-refractivity contribution in [3.63, 3.8) is 0 Å². The number of sulfonamides is 1. The first-order valence-electron chi connectivity index (χ1n) is 10.5. The molecule has 0 radical (unpaired) electrons. The number of nitrogens with zero attached hydrogens (tertiary/aromatic N) is 6. The van der Waals surface area contributed by atoms with Gasteiger partial charge >= 0.3 is 15.6 Å². The van der Waals surface area contributed by atoms with Gasteiger partial charge in [-0.25, -0.2) is 14.3 Å². The van der Waals surface area contributed by atoms with Crippen molar-refractivity contribution >= 4 is 49.3 Å². The topological polar surface area (TPSA) is 134 Å². The Balaban J connectivity index is 1.81. The lowest BCUT2D eigenvalue weighted by Gasteiger charge is -2.21. The van der Waals surface area contributed by atoms with E-state index in [-0.39, 0.29) is 26.3 Å². The molecule has 13 heteroatoms. The Labute approximate surface area is 199 Å². The van der Waals surface area contributed by atoms with E-state index in [0.717, 1.165) is 36.5 Å². The van der Waals surface area contributed by atoms with Crippen molar-refractivity contribution in [3.8, 4) is 11.3 Å². The fourth-order valence-corrected chi connectivity index (χ4v) is 5.50. The lowest BCUT2D eigenvalue weighted by Crippen LogP contribution is -2.21. The van der Waals surface area contributed by atoms with E-state index >= 15 is 0 Å². The minimum atomic E-state index is -4.03. The second-order valence-corrected chi connectivity index (χ2v) is 10.4. The van der Waals surface area contributed by atoms with Gasteiger partial charge in [0.2, 0.25) is 4.96 Å². The molecule has 1 aromatic carbocycles. The van der Waals surface area contributed by atoms with Crippen LogP contribution in [0.15, 0.2) is 42.2 Å². The first-order chi connectivity index (χ1) is 16.2. The van der Waals surface area contributed by atoms with Crippen molar-refractivity contribution in [2.24, 2.45) is 4.40 Å². The van der Waals surface area contributed by atoms with Gasteiger partial charge in [-0.2, -0.15) is 8.42 Å². The fourth-order valence-electron chi connectivity index (χ4n) is 3.49. The van der Waals surface area contributed by atoms with Crippen LogP contribution in [0.4, 0.5) is 5.69 Å². The minimum Gasteiger partial charge on any atom is -0.422 e. The molecule has 4 rings (SSSR count). The Morgan fingerprint density at radius 3 is 2.62 bits per heavy atom. The van der Waals surface area contributed by atoms with Gasteiger partial charge in [-0.15, -0.1) is 9.50 Å². The second kappa shape index (κ2) is 9.16. The largest absolute Gasteiger partial charge is 0.422 e. The molecule has 0 spiro atoms. The Morgan fingerprint density at radius 1 is 1.24 bits per heavy atom. The summed E-state index contributed by atoms with van der Waals surface area (Å²) in [5.41, 5.74) is 1.28. The van der Waals surface area contributed by atoms with Crippen LogP contribution in [0.3, 0.4) is 0 Å². The van der Waals surface area contributed by atoms with E-state index < -0.39 is 22.3 Å². The van der Waals surface area contributed by atoms with Gasteiger partial charge in [0.25, 0.3) is 4.34 Å². The van der Waals surface area contributed by atoms with Crippen LogP contribution in [0, 0.1) is 0 Å². The quantitative estimate of drug-likeness (QED) is 0.218. The van der Waals surface area contributed by atoms with Crippen molar-refractivity contribution in [1.82, 2.24) is 19.5 Å². The maximum Gasteiger partial charge on any atom is 0.345 e. The lowest BCUT2D eigenvalue weighted by molar-refractivity contribution is 0.274. The molecule has 1 N–H and O–H groups in total. The second-order valence-electron chi connectivity index (χ2n) is 7.63. The van der Waals surface area contributed by atoms with Gasteiger partial charge in [-0.05, 0) is 32.0 Å². The fraction of sp³-hybridized carbons (Fsp3) is 0.333.